The fraction of sp³-hybridized carbons (Fsp3) is 0.636. The Labute approximate surface area is 160 Å². The van der Waals surface area contributed by atoms with E-state index >= 15 is 0 Å². The van der Waals surface area contributed by atoms with E-state index in [2.05, 4.69) is 6.92 Å². The Morgan fingerprint density at radius 1 is 0.889 bits per heavy atom. The summed E-state index contributed by atoms with van der Waals surface area (Å²) in [6, 6.07) is 5.80. The van der Waals surface area contributed by atoms with Gasteiger partial charge in [-0.05, 0) is 62.1 Å². The van der Waals surface area contributed by atoms with E-state index in [4.69, 9.17) is 0 Å². The molecule has 1 saturated heterocycles. The summed E-state index contributed by atoms with van der Waals surface area (Å²) in [6.45, 7) is 2.45. The average Bonchev–Trinajstić information content (AvgIpc) is 3.19. The van der Waals surface area contributed by atoms with Gasteiger partial charge in [0.1, 0.15) is 18.4 Å². The number of hydrogen-bond acceptors (Lipinski definition) is 2. The summed E-state index contributed by atoms with van der Waals surface area (Å²) in [5.74, 6) is 0.445. The molecule has 0 N–H and O–H groups in total. The minimum atomic E-state index is -0.603. The summed E-state index contributed by atoms with van der Waals surface area (Å²) in [6.07, 6.45) is 8.27. The third-order valence-corrected chi connectivity index (χ3v) is 6.72. The average molecular weight is 372 g/mol. The van der Waals surface area contributed by atoms with Crippen LogP contribution in [0.25, 0.3) is 0 Å². The van der Waals surface area contributed by atoms with Crippen LogP contribution in [0.5, 0.6) is 0 Å². The van der Waals surface area contributed by atoms with Gasteiger partial charge < -0.3 is 9.80 Å². The lowest BCUT2D eigenvalue weighted by Gasteiger charge is -2.47. The van der Waals surface area contributed by atoms with Crippen molar-refractivity contribution in [1.29, 1.82) is 0 Å². The molecule has 1 atom stereocenters. The first kappa shape index (κ1) is 18.5. The molecule has 2 aliphatic carbocycles. The minimum absolute atomic E-state index is 0.0210. The van der Waals surface area contributed by atoms with Crippen LogP contribution in [-0.4, -0.2) is 40.2 Å². The van der Waals surface area contributed by atoms with Crippen molar-refractivity contribution >= 4 is 11.8 Å². The van der Waals surface area contributed by atoms with Crippen molar-refractivity contribution in [3.8, 4) is 0 Å². The van der Waals surface area contributed by atoms with Crippen LogP contribution in [-0.2, 0) is 9.59 Å². The first-order valence-corrected chi connectivity index (χ1v) is 10.4. The molecule has 1 aromatic rings. The SMILES string of the molecule is CC1CCC(N2CC(=O)N(C3CCCC3)[C@H](c3ccc(F)cc3)C2=O)CC1. The number of hydrogen-bond donors (Lipinski definition) is 0. The quantitative estimate of drug-likeness (QED) is 0.803. The molecule has 0 spiro atoms. The molecule has 4 nitrogen and oxygen atoms in total. The van der Waals surface area contributed by atoms with Gasteiger partial charge in [-0.1, -0.05) is 31.9 Å². The molecular weight excluding hydrogens is 343 g/mol. The standard InChI is InChI=1S/C22H29FN2O2/c1-15-6-12-18(13-7-15)24-14-20(26)25(19-4-2-3-5-19)21(22(24)27)16-8-10-17(23)11-9-16/h8-11,15,18-19,21H,2-7,12-14H2,1H3/t15?,18?,21-/m1/s1. The van der Waals surface area contributed by atoms with Crippen LogP contribution in [0.2, 0.25) is 0 Å². The molecule has 4 rings (SSSR count). The minimum Gasteiger partial charge on any atom is -0.328 e. The molecule has 0 bridgehead atoms. The third kappa shape index (κ3) is 3.61. The molecule has 27 heavy (non-hydrogen) atoms. The summed E-state index contributed by atoms with van der Waals surface area (Å²) in [5, 5.41) is 0. The number of halogens is 1. The number of benzene rings is 1. The molecule has 5 heteroatoms. The van der Waals surface area contributed by atoms with Gasteiger partial charge in [-0.25, -0.2) is 4.39 Å². The molecule has 3 fully saturated rings. The second kappa shape index (κ2) is 7.61. The summed E-state index contributed by atoms with van der Waals surface area (Å²) in [7, 11) is 0. The number of amides is 2. The van der Waals surface area contributed by atoms with Gasteiger partial charge in [-0.2, -0.15) is 0 Å². The van der Waals surface area contributed by atoms with E-state index in [-0.39, 0.29) is 36.3 Å². The van der Waals surface area contributed by atoms with Crippen LogP contribution >= 0.6 is 0 Å². The molecule has 2 saturated carbocycles. The fourth-order valence-electron chi connectivity index (χ4n) is 5.13. The van der Waals surface area contributed by atoms with Gasteiger partial charge in [-0.3, -0.25) is 9.59 Å². The van der Waals surface area contributed by atoms with Gasteiger partial charge in [-0.15, -0.1) is 0 Å². The lowest BCUT2D eigenvalue weighted by atomic mass is 9.85. The zero-order chi connectivity index (χ0) is 19.0. The summed E-state index contributed by atoms with van der Waals surface area (Å²) in [4.78, 5) is 30.3. The normalized spacial score (nSPS) is 30.2. The molecule has 1 heterocycles. The lowest BCUT2D eigenvalue weighted by Crippen LogP contribution is -2.60. The lowest BCUT2D eigenvalue weighted by molar-refractivity contribution is -0.162. The Morgan fingerprint density at radius 3 is 2.15 bits per heavy atom. The predicted molar refractivity (Wildman–Crippen MR) is 101 cm³/mol. The Kier molecular flexibility index (Phi) is 5.20. The molecule has 0 unspecified atom stereocenters. The number of carbonyl (C=O) groups excluding carboxylic acids is 2. The highest BCUT2D eigenvalue weighted by molar-refractivity contribution is 5.96. The van der Waals surface area contributed by atoms with Crippen molar-refractivity contribution in [3.05, 3.63) is 35.6 Å². The Bertz CT molecular complexity index is 691. The van der Waals surface area contributed by atoms with Crippen molar-refractivity contribution in [2.24, 2.45) is 5.92 Å². The second-order valence-corrected chi connectivity index (χ2v) is 8.57. The van der Waals surface area contributed by atoms with Crippen molar-refractivity contribution in [2.75, 3.05) is 6.54 Å². The largest absolute Gasteiger partial charge is 0.328 e. The van der Waals surface area contributed by atoms with Gasteiger partial charge in [0, 0.05) is 12.1 Å². The monoisotopic (exact) mass is 372 g/mol. The molecular formula is C22H29FN2O2. The van der Waals surface area contributed by atoms with E-state index in [0.29, 0.717) is 5.92 Å². The first-order chi connectivity index (χ1) is 13.0. The van der Waals surface area contributed by atoms with Crippen LogP contribution in [0.4, 0.5) is 4.39 Å². The maximum absolute atomic E-state index is 13.5. The fourth-order valence-corrected chi connectivity index (χ4v) is 5.13. The Morgan fingerprint density at radius 2 is 1.52 bits per heavy atom. The highest BCUT2D eigenvalue weighted by Crippen LogP contribution is 2.37. The molecule has 0 radical (unpaired) electrons. The van der Waals surface area contributed by atoms with Gasteiger partial charge in [0.2, 0.25) is 5.91 Å². The molecule has 0 aromatic heterocycles. The van der Waals surface area contributed by atoms with Crippen molar-refractivity contribution < 1.29 is 14.0 Å². The molecule has 3 aliphatic rings. The molecule has 1 aromatic carbocycles. The number of carbonyl (C=O) groups is 2. The third-order valence-electron chi connectivity index (χ3n) is 6.72. The van der Waals surface area contributed by atoms with Gasteiger partial charge in [0.25, 0.3) is 5.91 Å². The van der Waals surface area contributed by atoms with Crippen LogP contribution in [0.15, 0.2) is 24.3 Å². The van der Waals surface area contributed by atoms with E-state index in [0.717, 1.165) is 56.9 Å². The van der Waals surface area contributed by atoms with Gasteiger partial charge in [0.05, 0.1) is 0 Å². The van der Waals surface area contributed by atoms with E-state index in [9.17, 15) is 14.0 Å². The zero-order valence-electron chi connectivity index (χ0n) is 16.1. The van der Waals surface area contributed by atoms with Gasteiger partial charge in [0.15, 0.2) is 0 Å². The topological polar surface area (TPSA) is 40.6 Å². The maximum Gasteiger partial charge on any atom is 0.250 e. The van der Waals surface area contributed by atoms with Crippen molar-refractivity contribution in [3.63, 3.8) is 0 Å². The smallest absolute Gasteiger partial charge is 0.250 e. The van der Waals surface area contributed by atoms with E-state index < -0.39 is 6.04 Å². The zero-order valence-corrected chi connectivity index (χ0v) is 16.1. The van der Waals surface area contributed by atoms with E-state index in [1.165, 1.54) is 12.1 Å². The highest BCUT2D eigenvalue weighted by Gasteiger charge is 2.46. The van der Waals surface area contributed by atoms with E-state index in [1.54, 1.807) is 12.1 Å². The number of rotatable bonds is 3. The predicted octanol–water partition coefficient (Wildman–Crippen LogP) is 4.06. The maximum atomic E-state index is 13.5. The highest BCUT2D eigenvalue weighted by atomic mass is 19.1. The Hall–Kier alpha value is -1.91. The molecule has 2 amide bonds. The first-order valence-electron chi connectivity index (χ1n) is 10.4. The summed E-state index contributed by atoms with van der Waals surface area (Å²) < 4.78 is 13.5. The van der Waals surface area contributed by atoms with Crippen LogP contribution in [0.1, 0.15) is 69.9 Å². The van der Waals surface area contributed by atoms with Crippen LogP contribution in [0.3, 0.4) is 0 Å². The molecule has 146 valence electrons. The van der Waals surface area contributed by atoms with E-state index in [1.807, 2.05) is 9.80 Å². The summed E-state index contributed by atoms with van der Waals surface area (Å²) in [5.41, 5.74) is 0.732. The number of piperazine rings is 1. The number of nitrogens with zero attached hydrogens (tertiary/aromatic N) is 2. The van der Waals surface area contributed by atoms with Gasteiger partial charge >= 0.3 is 0 Å². The summed E-state index contributed by atoms with van der Waals surface area (Å²) >= 11 is 0. The second-order valence-electron chi connectivity index (χ2n) is 8.57. The van der Waals surface area contributed by atoms with Crippen LogP contribution in [0, 0.1) is 11.7 Å². The molecule has 1 aliphatic heterocycles. The Balaban J connectivity index is 1.65. The van der Waals surface area contributed by atoms with Crippen LogP contribution < -0.4 is 0 Å². The van der Waals surface area contributed by atoms with Crippen molar-refractivity contribution in [2.45, 2.75) is 76.4 Å². The van der Waals surface area contributed by atoms with Crippen molar-refractivity contribution in [1.82, 2.24) is 9.80 Å².